The predicted molar refractivity (Wildman–Crippen MR) is 87.3 cm³/mol. The first-order valence-corrected chi connectivity index (χ1v) is 8.00. The summed E-state index contributed by atoms with van der Waals surface area (Å²) in [6.45, 7) is 3.04. The third-order valence-electron chi connectivity index (χ3n) is 3.64. The van der Waals surface area contributed by atoms with Crippen molar-refractivity contribution in [3.63, 3.8) is 0 Å². The van der Waals surface area contributed by atoms with Gasteiger partial charge in [-0.15, -0.1) is 11.3 Å². The molecule has 0 aliphatic carbocycles. The van der Waals surface area contributed by atoms with E-state index in [1.54, 1.807) is 19.1 Å². The summed E-state index contributed by atoms with van der Waals surface area (Å²) in [5, 5.41) is 12.1. The highest BCUT2D eigenvalue weighted by atomic mass is 35.5. The quantitative estimate of drug-likeness (QED) is 0.858. The Kier molecular flexibility index (Phi) is 5.06. The van der Waals surface area contributed by atoms with Gasteiger partial charge in [0.15, 0.2) is 5.54 Å². The molecule has 2 N–H and O–H groups in total. The van der Waals surface area contributed by atoms with Gasteiger partial charge >= 0.3 is 5.97 Å². The zero-order chi connectivity index (χ0) is 17.2. The second kappa shape index (κ2) is 6.68. The number of benzene rings is 1. The van der Waals surface area contributed by atoms with E-state index in [0.29, 0.717) is 4.34 Å². The SMILES string of the molecule is CC(C(=O)NC(C)(C(=O)O)c1ccc(F)cc1)c1ccc(Cl)s1. The molecule has 122 valence electrons. The number of hydrogen-bond acceptors (Lipinski definition) is 3. The van der Waals surface area contributed by atoms with Crippen LogP contribution in [0.2, 0.25) is 4.34 Å². The minimum absolute atomic E-state index is 0.288. The van der Waals surface area contributed by atoms with Crippen LogP contribution in [0, 0.1) is 5.82 Å². The summed E-state index contributed by atoms with van der Waals surface area (Å²) < 4.78 is 13.6. The van der Waals surface area contributed by atoms with Gasteiger partial charge in [0.25, 0.3) is 0 Å². The highest BCUT2D eigenvalue weighted by molar-refractivity contribution is 7.16. The predicted octanol–water partition coefficient (Wildman–Crippen LogP) is 3.76. The van der Waals surface area contributed by atoms with Gasteiger partial charge in [0.05, 0.1) is 10.3 Å². The van der Waals surface area contributed by atoms with Gasteiger partial charge in [-0.05, 0) is 43.7 Å². The van der Waals surface area contributed by atoms with Gasteiger partial charge in [0.1, 0.15) is 5.82 Å². The molecular weight excluding hydrogens is 341 g/mol. The Morgan fingerprint density at radius 1 is 1.26 bits per heavy atom. The smallest absolute Gasteiger partial charge is 0.333 e. The molecule has 1 amide bonds. The Morgan fingerprint density at radius 3 is 2.35 bits per heavy atom. The molecule has 7 heteroatoms. The van der Waals surface area contributed by atoms with Crippen LogP contribution in [0.3, 0.4) is 0 Å². The van der Waals surface area contributed by atoms with Crippen molar-refractivity contribution in [1.82, 2.24) is 5.32 Å². The molecule has 0 saturated heterocycles. The largest absolute Gasteiger partial charge is 0.479 e. The van der Waals surface area contributed by atoms with Gasteiger partial charge in [-0.3, -0.25) is 4.79 Å². The summed E-state index contributed by atoms with van der Waals surface area (Å²) in [5.74, 6) is -2.70. The van der Waals surface area contributed by atoms with E-state index in [2.05, 4.69) is 5.32 Å². The van der Waals surface area contributed by atoms with Crippen LogP contribution in [0.25, 0.3) is 0 Å². The molecule has 0 bridgehead atoms. The Morgan fingerprint density at radius 2 is 1.87 bits per heavy atom. The lowest BCUT2D eigenvalue weighted by Crippen LogP contribution is -2.50. The standard InChI is InChI=1S/C16H15ClFNO3S/c1-9(12-7-8-13(17)23-12)14(20)19-16(2,15(21)22)10-3-5-11(18)6-4-10/h3-9H,1-2H3,(H,19,20)(H,21,22). The number of thiophene rings is 1. The molecule has 0 aliphatic rings. The van der Waals surface area contributed by atoms with E-state index < -0.39 is 29.2 Å². The number of carbonyl (C=O) groups excluding carboxylic acids is 1. The topological polar surface area (TPSA) is 66.4 Å². The zero-order valence-corrected chi connectivity index (χ0v) is 14.0. The van der Waals surface area contributed by atoms with Crippen LogP contribution in [0.5, 0.6) is 0 Å². The lowest BCUT2D eigenvalue weighted by Gasteiger charge is -2.28. The van der Waals surface area contributed by atoms with Crippen molar-refractivity contribution in [2.75, 3.05) is 0 Å². The average Bonchev–Trinajstić information content (AvgIpc) is 2.93. The number of nitrogens with one attached hydrogen (secondary N) is 1. The van der Waals surface area contributed by atoms with Gasteiger partial charge in [-0.25, -0.2) is 9.18 Å². The van der Waals surface area contributed by atoms with Crippen LogP contribution in [-0.2, 0) is 15.1 Å². The molecule has 0 aliphatic heterocycles. The molecule has 0 radical (unpaired) electrons. The van der Waals surface area contributed by atoms with Crippen molar-refractivity contribution < 1.29 is 19.1 Å². The first kappa shape index (κ1) is 17.4. The summed E-state index contributed by atoms with van der Waals surface area (Å²) in [6.07, 6.45) is 0. The molecule has 0 spiro atoms. The maximum Gasteiger partial charge on any atom is 0.333 e. The van der Waals surface area contributed by atoms with Crippen LogP contribution in [0.1, 0.15) is 30.2 Å². The summed E-state index contributed by atoms with van der Waals surface area (Å²) in [7, 11) is 0. The van der Waals surface area contributed by atoms with Crippen molar-refractivity contribution in [3.8, 4) is 0 Å². The monoisotopic (exact) mass is 355 g/mol. The third-order valence-corrected chi connectivity index (χ3v) is 5.05. The van der Waals surface area contributed by atoms with Gasteiger partial charge in [0, 0.05) is 4.88 Å². The number of amides is 1. The van der Waals surface area contributed by atoms with Crippen molar-refractivity contribution in [2.45, 2.75) is 25.3 Å². The number of hydrogen-bond donors (Lipinski definition) is 2. The Balaban J connectivity index is 2.26. The minimum atomic E-state index is -1.65. The first-order chi connectivity index (χ1) is 10.7. The highest BCUT2D eigenvalue weighted by Crippen LogP contribution is 2.29. The van der Waals surface area contributed by atoms with Crippen LogP contribution >= 0.6 is 22.9 Å². The normalized spacial score (nSPS) is 14.8. The highest BCUT2D eigenvalue weighted by Gasteiger charge is 2.38. The molecule has 2 aromatic rings. The van der Waals surface area contributed by atoms with E-state index in [1.807, 2.05) is 0 Å². The summed E-state index contributed by atoms with van der Waals surface area (Å²) in [4.78, 5) is 24.8. The van der Waals surface area contributed by atoms with E-state index in [1.165, 1.54) is 30.4 Å². The van der Waals surface area contributed by atoms with Gasteiger partial charge in [0.2, 0.25) is 5.91 Å². The van der Waals surface area contributed by atoms with Gasteiger partial charge < -0.3 is 10.4 Å². The first-order valence-electron chi connectivity index (χ1n) is 6.80. The molecule has 2 atom stereocenters. The number of rotatable bonds is 5. The number of carbonyl (C=O) groups is 2. The van der Waals surface area contributed by atoms with E-state index in [9.17, 15) is 19.1 Å². The summed E-state index contributed by atoms with van der Waals surface area (Å²) in [5.41, 5.74) is -1.36. The molecule has 4 nitrogen and oxygen atoms in total. The van der Waals surface area contributed by atoms with E-state index in [4.69, 9.17) is 11.6 Å². The Hall–Kier alpha value is -1.92. The molecule has 0 saturated carbocycles. The van der Waals surface area contributed by atoms with Crippen molar-refractivity contribution in [3.05, 3.63) is 57.0 Å². The van der Waals surface area contributed by atoms with E-state index in [-0.39, 0.29) is 5.56 Å². The molecule has 0 fully saturated rings. The lowest BCUT2D eigenvalue weighted by molar-refractivity contribution is -0.147. The molecule has 1 heterocycles. The molecule has 1 aromatic carbocycles. The fraction of sp³-hybridized carbons (Fsp3) is 0.250. The van der Waals surface area contributed by atoms with Crippen LogP contribution in [-0.4, -0.2) is 17.0 Å². The minimum Gasteiger partial charge on any atom is -0.479 e. The second-order valence-corrected chi connectivity index (χ2v) is 7.04. The molecule has 2 rings (SSSR count). The Labute approximate surface area is 141 Å². The van der Waals surface area contributed by atoms with Crippen LogP contribution in [0.4, 0.5) is 4.39 Å². The molecule has 23 heavy (non-hydrogen) atoms. The Bertz CT molecular complexity index is 731. The maximum absolute atomic E-state index is 13.0. The maximum atomic E-state index is 13.0. The molecule has 1 aromatic heterocycles. The average molecular weight is 356 g/mol. The number of halogens is 2. The summed E-state index contributed by atoms with van der Waals surface area (Å²) in [6, 6.07) is 8.41. The summed E-state index contributed by atoms with van der Waals surface area (Å²) >= 11 is 7.12. The third kappa shape index (κ3) is 3.71. The van der Waals surface area contributed by atoms with E-state index in [0.717, 1.165) is 17.0 Å². The number of carboxylic acids is 1. The van der Waals surface area contributed by atoms with Crippen molar-refractivity contribution in [2.24, 2.45) is 0 Å². The number of aliphatic carboxylic acids is 1. The lowest BCUT2D eigenvalue weighted by atomic mass is 9.91. The number of carboxylic acid groups (broad SMARTS) is 1. The van der Waals surface area contributed by atoms with Crippen LogP contribution < -0.4 is 5.32 Å². The van der Waals surface area contributed by atoms with Crippen molar-refractivity contribution >= 4 is 34.8 Å². The van der Waals surface area contributed by atoms with Gasteiger partial charge in [-0.1, -0.05) is 23.7 Å². The fourth-order valence-corrected chi connectivity index (χ4v) is 3.19. The van der Waals surface area contributed by atoms with Crippen molar-refractivity contribution in [1.29, 1.82) is 0 Å². The van der Waals surface area contributed by atoms with E-state index >= 15 is 0 Å². The van der Waals surface area contributed by atoms with Gasteiger partial charge in [-0.2, -0.15) is 0 Å². The molecular formula is C16H15ClFNO3S. The molecule has 2 unspecified atom stereocenters. The fourth-order valence-electron chi connectivity index (χ4n) is 2.08. The van der Waals surface area contributed by atoms with Crippen LogP contribution in [0.15, 0.2) is 36.4 Å². The zero-order valence-electron chi connectivity index (χ0n) is 12.5. The second-order valence-electron chi connectivity index (χ2n) is 5.29.